The third-order valence-electron chi connectivity index (χ3n) is 7.00. The van der Waals surface area contributed by atoms with Crippen LogP contribution in [0.2, 0.25) is 10.0 Å². The highest BCUT2D eigenvalue weighted by Gasteiger charge is 2.27. The molecule has 0 fully saturated rings. The van der Waals surface area contributed by atoms with E-state index in [1.54, 1.807) is 23.2 Å². The van der Waals surface area contributed by atoms with Crippen molar-refractivity contribution in [1.82, 2.24) is 25.0 Å². The van der Waals surface area contributed by atoms with Gasteiger partial charge in [0.2, 0.25) is 11.8 Å². The summed E-state index contributed by atoms with van der Waals surface area (Å²) in [5.74, 6) is -1.47. The second-order valence-corrected chi connectivity index (χ2v) is 10.9. The number of amides is 2. The molecule has 2 amide bonds. The third-order valence-corrected chi connectivity index (χ3v) is 7.78. The number of nitrogens with zero attached hydrogens (tertiary/aromatic N) is 3. The molecule has 246 valence electrons. The van der Waals surface area contributed by atoms with Gasteiger partial charge in [0.05, 0.1) is 80.5 Å². The summed E-state index contributed by atoms with van der Waals surface area (Å²) in [7, 11) is 0. The van der Waals surface area contributed by atoms with E-state index in [0.29, 0.717) is 93.6 Å². The van der Waals surface area contributed by atoms with E-state index in [9.17, 15) is 19.5 Å². The summed E-state index contributed by atoms with van der Waals surface area (Å²) in [4.78, 5) is 40.0. The third kappa shape index (κ3) is 9.87. The standard InChI is InChI=1S/C29H37Cl2N5O9/c30-21-15-19(27-20-16-35(25(39)18-37)5-1-22(20)33-29(27)28(21)31)23-2-6-36(34-23)17-24(38)32-4-8-43-10-12-45-14-13-44-11-9-42-7-3-26(40)41/h2,6,15,33,37H,1,3-5,7-14,16-18H2,(H,32,38)(H,40,41). The minimum absolute atomic E-state index is 0.00218. The Kier molecular flexibility index (Phi) is 13.4. The molecule has 0 atom stereocenters. The maximum Gasteiger partial charge on any atom is 0.305 e. The van der Waals surface area contributed by atoms with Crippen molar-refractivity contribution >= 4 is 51.9 Å². The number of halogens is 2. The van der Waals surface area contributed by atoms with Crippen LogP contribution >= 0.6 is 23.2 Å². The molecule has 0 saturated heterocycles. The average Bonchev–Trinajstić information content (AvgIpc) is 3.65. The number of benzene rings is 1. The van der Waals surface area contributed by atoms with Gasteiger partial charge in [-0.2, -0.15) is 5.10 Å². The van der Waals surface area contributed by atoms with E-state index < -0.39 is 12.6 Å². The molecule has 4 rings (SSSR count). The molecule has 3 heterocycles. The first-order valence-electron chi connectivity index (χ1n) is 14.5. The Morgan fingerprint density at radius 1 is 1.00 bits per heavy atom. The molecule has 14 nitrogen and oxygen atoms in total. The van der Waals surface area contributed by atoms with Crippen LogP contribution in [-0.4, -0.2) is 120 Å². The number of hydrogen-bond donors (Lipinski definition) is 4. The molecule has 0 unspecified atom stereocenters. The zero-order valence-corrected chi connectivity index (χ0v) is 26.2. The van der Waals surface area contributed by atoms with Crippen LogP contribution in [0.3, 0.4) is 0 Å². The van der Waals surface area contributed by atoms with Gasteiger partial charge in [0.25, 0.3) is 0 Å². The van der Waals surface area contributed by atoms with Crippen molar-refractivity contribution in [1.29, 1.82) is 0 Å². The van der Waals surface area contributed by atoms with Gasteiger partial charge >= 0.3 is 5.97 Å². The van der Waals surface area contributed by atoms with Crippen molar-refractivity contribution < 1.29 is 43.5 Å². The number of aliphatic hydroxyl groups excluding tert-OH is 1. The van der Waals surface area contributed by atoms with Crippen LogP contribution in [-0.2, 0) is 52.8 Å². The second kappa shape index (κ2) is 17.5. The molecule has 4 N–H and O–H groups in total. The molecule has 0 bridgehead atoms. The number of carbonyl (C=O) groups is 3. The monoisotopic (exact) mass is 669 g/mol. The molecular weight excluding hydrogens is 633 g/mol. The van der Waals surface area contributed by atoms with Gasteiger partial charge in [0.1, 0.15) is 13.2 Å². The molecule has 1 aliphatic heterocycles. The normalized spacial score (nSPS) is 12.9. The van der Waals surface area contributed by atoms with Crippen molar-refractivity contribution in [3.05, 3.63) is 39.6 Å². The van der Waals surface area contributed by atoms with Gasteiger partial charge in [0.15, 0.2) is 0 Å². The van der Waals surface area contributed by atoms with Gasteiger partial charge in [-0.05, 0) is 12.1 Å². The summed E-state index contributed by atoms with van der Waals surface area (Å²) >= 11 is 13.0. The van der Waals surface area contributed by atoms with Crippen LogP contribution in [0.4, 0.5) is 0 Å². The molecule has 16 heteroatoms. The maximum atomic E-state index is 12.5. The molecule has 2 aromatic heterocycles. The second-order valence-electron chi connectivity index (χ2n) is 10.1. The van der Waals surface area contributed by atoms with Crippen molar-refractivity contribution in [2.45, 2.75) is 25.9 Å². The van der Waals surface area contributed by atoms with Gasteiger partial charge in [-0.3, -0.25) is 19.1 Å². The lowest BCUT2D eigenvalue weighted by Gasteiger charge is -2.26. The Bertz CT molecular complexity index is 1460. The summed E-state index contributed by atoms with van der Waals surface area (Å²) in [6.45, 7) is 3.27. The number of carbonyl (C=O) groups excluding carboxylic acids is 2. The van der Waals surface area contributed by atoms with E-state index in [2.05, 4.69) is 15.4 Å². The van der Waals surface area contributed by atoms with Crippen molar-refractivity contribution in [3.63, 3.8) is 0 Å². The van der Waals surface area contributed by atoms with Gasteiger partial charge in [-0.1, -0.05) is 23.2 Å². The topological polar surface area (TPSA) is 177 Å². The minimum atomic E-state index is -0.897. The van der Waals surface area contributed by atoms with Gasteiger partial charge in [-0.25, -0.2) is 0 Å². The molecular formula is C29H37Cl2N5O9. The molecule has 3 aromatic rings. The largest absolute Gasteiger partial charge is 0.481 e. The first-order valence-corrected chi connectivity index (χ1v) is 15.3. The summed E-state index contributed by atoms with van der Waals surface area (Å²) < 4.78 is 22.9. The quantitative estimate of drug-likeness (QED) is 0.138. The lowest BCUT2D eigenvalue weighted by atomic mass is 9.99. The van der Waals surface area contributed by atoms with E-state index in [0.717, 1.165) is 22.2 Å². The summed E-state index contributed by atoms with van der Waals surface area (Å²) in [5, 5.41) is 26.8. The fraction of sp³-hybridized carbons (Fsp3) is 0.517. The van der Waals surface area contributed by atoms with Crippen LogP contribution in [0.5, 0.6) is 0 Å². The van der Waals surface area contributed by atoms with Crippen LogP contribution in [0, 0.1) is 0 Å². The Balaban J connectivity index is 1.18. The zero-order chi connectivity index (χ0) is 32.2. The number of fused-ring (bicyclic) bond motifs is 3. The number of carboxylic acids is 1. The van der Waals surface area contributed by atoms with Crippen LogP contribution < -0.4 is 5.32 Å². The molecule has 0 aliphatic carbocycles. The number of H-pyrrole nitrogens is 1. The Morgan fingerprint density at radius 3 is 2.33 bits per heavy atom. The highest BCUT2D eigenvalue weighted by molar-refractivity contribution is 6.45. The number of aliphatic hydroxyl groups is 1. The predicted octanol–water partition coefficient (Wildman–Crippen LogP) is 1.87. The van der Waals surface area contributed by atoms with Gasteiger partial charge < -0.3 is 44.4 Å². The molecule has 1 aliphatic rings. The summed E-state index contributed by atoms with van der Waals surface area (Å²) in [6, 6.07) is 3.52. The molecule has 0 spiro atoms. The molecule has 45 heavy (non-hydrogen) atoms. The fourth-order valence-electron chi connectivity index (χ4n) is 4.83. The lowest BCUT2D eigenvalue weighted by Crippen LogP contribution is -2.37. The number of rotatable bonds is 19. The van der Waals surface area contributed by atoms with Crippen molar-refractivity contribution in [2.24, 2.45) is 0 Å². The number of aromatic amines is 1. The molecule has 1 aromatic carbocycles. The minimum Gasteiger partial charge on any atom is -0.481 e. The van der Waals surface area contributed by atoms with Gasteiger partial charge in [0, 0.05) is 54.5 Å². The number of carboxylic acid groups (broad SMARTS) is 1. The highest BCUT2D eigenvalue weighted by Crippen LogP contribution is 2.41. The predicted molar refractivity (Wildman–Crippen MR) is 164 cm³/mol. The number of aromatic nitrogens is 3. The summed E-state index contributed by atoms with van der Waals surface area (Å²) in [6.07, 6.45) is 2.26. The SMILES string of the molecule is O=C(O)CCOCCOCCOCCOCCNC(=O)Cn1ccc(-c2cc(Cl)c(Cl)c3[nH]c4c(c23)CN(C(=O)CO)CC4)n1. The smallest absolute Gasteiger partial charge is 0.305 e. The van der Waals surface area contributed by atoms with E-state index in [1.165, 1.54) is 4.68 Å². The van der Waals surface area contributed by atoms with Crippen molar-refractivity contribution in [2.75, 3.05) is 72.6 Å². The van der Waals surface area contributed by atoms with E-state index in [1.807, 2.05) is 0 Å². The van der Waals surface area contributed by atoms with E-state index in [-0.39, 0.29) is 31.4 Å². The highest BCUT2D eigenvalue weighted by atomic mass is 35.5. The molecule has 0 radical (unpaired) electrons. The average molecular weight is 671 g/mol. The first-order chi connectivity index (χ1) is 21.8. The lowest BCUT2D eigenvalue weighted by molar-refractivity contribution is -0.138. The van der Waals surface area contributed by atoms with E-state index >= 15 is 0 Å². The Morgan fingerprint density at radius 2 is 1.67 bits per heavy atom. The number of hydrogen-bond acceptors (Lipinski definition) is 9. The number of nitrogens with one attached hydrogen (secondary N) is 2. The zero-order valence-electron chi connectivity index (χ0n) is 24.7. The number of aliphatic carboxylic acids is 1. The Labute approximate surface area is 269 Å². The number of ether oxygens (including phenoxy) is 4. The van der Waals surface area contributed by atoms with Crippen LogP contribution in [0.25, 0.3) is 22.2 Å². The van der Waals surface area contributed by atoms with Crippen LogP contribution in [0.15, 0.2) is 18.3 Å². The van der Waals surface area contributed by atoms with Crippen LogP contribution in [0.1, 0.15) is 17.7 Å². The summed E-state index contributed by atoms with van der Waals surface area (Å²) in [5.41, 5.74) is 3.82. The fourth-order valence-corrected chi connectivity index (χ4v) is 5.23. The van der Waals surface area contributed by atoms with Gasteiger partial charge in [-0.15, -0.1) is 0 Å². The molecule has 0 saturated carbocycles. The Hall–Kier alpha value is -3.24. The van der Waals surface area contributed by atoms with E-state index in [4.69, 9.17) is 47.3 Å². The first kappa shape index (κ1) is 34.6. The maximum absolute atomic E-state index is 12.5. The van der Waals surface area contributed by atoms with Crippen molar-refractivity contribution in [3.8, 4) is 11.3 Å².